The Kier molecular flexibility index (Phi) is 3.56. The monoisotopic (exact) mass is 221 g/mol. The topological polar surface area (TPSA) is 81.0 Å². The van der Waals surface area contributed by atoms with E-state index in [1.807, 2.05) is 19.9 Å². The maximum atomic E-state index is 11.7. The smallest absolute Gasteiger partial charge is 0.356 e. The van der Waals surface area contributed by atoms with Gasteiger partial charge >= 0.3 is 5.97 Å². The van der Waals surface area contributed by atoms with Crippen LogP contribution in [-0.2, 0) is 4.74 Å². The number of carbonyl (C=O) groups excluding carboxylic acids is 1. The van der Waals surface area contributed by atoms with Crippen LogP contribution in [0.2, 0.25) is 0 Å². The quantitative estimate of drug-likeness (QED) is 0.788. The van der Waals surface area contributed by atoms with Crippen LogP contribution >= 0.6 is 0 Å². The molecule has 0 spiro atoms. The van der Waals surface area contributed by atoms with E-state index in [4.69, 9.17) is 15.7 Å². The molecule has 1 aromatic rings. The van der Waals surface area contributed by atoms with Crippen molar-refractivity contribution >= 4 is 11.7 Å². The predicted octanol–water partition coefficient (Wildman–Crippen LogP) is 1.72. The van der Waals surface area contributed by atoms with Crippen molar-refractivity contribution in [1.82, 2.24) is 4.57 Å². The molecule has 0 aromatic carbocycles. The molecule has 5 heteroatoms. The van der Waals surface area contributed by atoms with Crippen LogP contribution in [0.15, 0.2) is 12.3 Å². The minimum atomic E-state index is -0.760. The summed E-state index contributed by atoms with van der Waals surface area (Å²) >= 11 is 0. The molecule has 0 aliphatic carbocycles. The summed E-state index contributed by atoms with van der Waals surface area (Å²) in [6.45, 7) is 5.39. The van der Waals surface area contributed by atoms with Gasteiger partial charge in [0.1, 0.15) is 11.8 Å². The maximum absolute atomic E-state index is 11.7. The lowest BCUT2D eigenvalue weighted by Gasteiger charge is -2.12. The third kappa shape index (κ3) is 2.54. The molecule has 0 amide bonds. The van der Waals surface area contributed by atoms with E-state index in [2.05, 4.69) is 0 Å². The molecule has 0 saturated heterocycles. The van der Waals surface area contributed by atoms with Crippen LogP contribution in [0.25, 0.3) is 0 Å². The lowest BCUT2D eigenvalue weighted by Crippen LogP contribution is -2.17. The van der Waals surface area contributed by atoms with Gasteiger partial charge in [-0.25, -0.2) is 4.79 Å². The molecule has 1 unspecified atom stereocenters. The Labute approximate surface area is 94.4 Å². The second-order valence-electron chi connectivity index (χ2n) is 3.84. The van der Waals surface area contributed by atoms with Crippen LogP contribution in [0.3, 0.4) is 0 Å². The molecule has 86 valence electrons. The molecule has 1 atom stereocenters. The van der Waals surface area contributed by atoms with Gasteiger partial charge in [-0.3, -0.25) is 0 Å². The van der Waals surface area contributed by atoms with E-state index in [0.29, 0.717) is 11.4 Å². The number of aromatic nitrogens is 1. The summed E-state index contributed by atoms with van der Waals surface area (Å²) in [5.74, 6) is -0.528. The highest BCUT2D eigenvalue weighted by molar-refractivity contribution is 5.89. The zero-order chi connectivity index (χ0) is 12.3. The maximum Gasteiger partial charge on any atom is 0.356 e. The Bertz CT molecular complexity index is 429. The van der Waals surface area contributed by atoms with Crippen LogP contribution in [-0.4, -0.2) is 16.6 Å². The van der Waals surface area contributed by atoms with E-state index >= 15 is 0 Å². The van der Waals surface area contributed by atoms with Crippen molar-refractivity contribution in [2.45, 2.75) is 32.9 Å². The van der Waals surface area contributed by atoms with Gasteiger partial charge in [-0.15, -0.1) is 0 Å². The van der Waals surface area contributed by atoms with Crippen molar-refractivity contribution in [3.8, 4) is 6.07 Å². The predicted molar refractivity (Wildman–Crippen MR) is 59.7 cm³/mol. The van der Waals surface area contributed by atoms with Crippen molar-refractivity contribution in [1.29, 1.82) is 5.26 Å². The number of nitriles is 1. The van der Waals surface area contributed by atoms with Gasteiger partial charge in [0.05, 0.1) is 5.69 Å². The SMILES string of the molecule is CC(C#N)OC(=O)c1cc(N)cn1C(C)C. The second kappa shape index (κ2) is 4.71. The van der Waals surface area contributed by atoms with Gasteiger partial charge < -0.3 is 15.0 Å². The fourth-order valence-electron chi connectivity index (χ4n) is 1.34. The summed E-state index contributed by atoms with van der Waals surface area (Å²) in [5, 5.41) is 8.56. The van der Waals surface area contributed by atoms with Gasteiger partial charge in [-0.2, -0.15) is 5.26 Å². The molecule has 0 saturated carbocycles. The lowest BCUT2D eigenvalue weighted by molar-refractivity contribution is 0.0421. The minimum absolute atomic E-state index is 0.109. The minimum Gasteiger partial charge on any atom is -0.443 e. The number of nitrogen functional groups attached to an aromatic ring is 1. The van der Waals surface area contributed by atoms with E-state index in [9.17, 15) is 4.79 Å². The van der Waals surface area contributed by atoms with Gasteiger partial charge in [0.15, 0.2) is 6.10 Å². The molecule has 0 fully saturated rings. The first kappa shape index (κ1) is 12.1. The number of ether oxygens (including phenoxy) is 1. The molecular weight excluding hydrogens is 206 g/mol. The van der Waals surface area contributed by atoms with E-state index in [-0.39, 0.29) is 6.04 Å². The van der Waals surface area contributed by atoms with Gasteiger partial charge in [-0.05, 0) is 26.8 Å². The normalized spacial score (nSPS) is 12.2. The summed E-state index contributed by atoms with van der Waals surface area (Å²) in [4.78, 5) is 11.7. The molecule has 0 aliphatic heterocycles. The third-order valence-corrected chi connectivity index (χ3v) is 2.10. The number of hydrogen-bond acceptors (Lipinski definition) is 4. The second-order valence-corrected chi connectivity index (χ2v) is 3.84. The van der Waals surface area contributed by atoms with Crippen molar-refractivity contribution in [2.24, 2.45) is 0 Å². The molecule has 0 radical (unpaired) electrons. The van der Waals surface area contributed by atoms with E-state index in [1.54, 1.807) is 16.8 Å². The summed E-state index contributed by atoms with van der Waals surface area (Å²) in [6.07, 6.45) is 0.919. The molecule has 0 bridgehead atoms. The highest BCUT2D eigenvalue weighted by atomic mass is 16.5. The van der Waals surface area contributed by atoms with Crippen LogP contribution in [0, 0.1) is 11.3 Å². The van der Waals surface area contributed by atoms with Crippen molar-refractivity contribution in [2.75, 3.05) is 5.73 Å². The van der Waals surface area contributed by atoms with E-state index in [1.165, 1.54) is 6.92 Å². The summed E-state index contributed by atoms with van der Waals surface area (Å²) in [6, 6.07) is 3.49. The van der Waals surface area contributed by atoms with Crippen LogP contribution in [0.5, 0.6) is 0 Å². The lowest BCUT2D eigenvalue weighted by atomic mass is 10.3. The Balaban J connectivity index is 2.95. The molecule has 1 aromatic heterocycles. The number of anilines is 1. The number of nitrogens with zero attached hydrogens (tertiary/aromatic N) is 2. The fraction of sp³-hybridized carbons (Fsp3) is 0.455. The molecule has 0 aliphatic rings. The Morgan fingerprint density at radius 2 is 2.19 bits per heavy atom. The van der Waals surface area contributed by atoms with E-state index in [0.717, 1.165) is 0 Å². The third-order valence-electron chi connectivity index (χ3n) is 2.10. The van der Waals surface area contributed by atoms with Crippen LogP contribution < -0.4 is 5.73 Å². The standard InChI is InChI=1S/C11H15N3O2/c1-7(2)14-6-9(13)4-10(14)11(15)16-8(3)5-12/h4,6-8H,13H2,1-3H3. The summed E-state index contributed by atoms with van der Waals surface area (Å²) in [5.41, 5.74) is 6.50. The summed E-state index contributed by atoms with van der Waals surface area (Å²) in [7, 11) is 0. The van der Waals surface area contributed by atoms with Crippen molar-refractivity contribution < 1.29 is 9.53 Å². The molecule has 1 heterocycles. The molecule has 1 rings (SSSR count). The average molecular weight is 221 g/mol. The van der Waals surface area contributed by atoms with Gasteiger partial charge in [0, 0.05) is 12.2 Å². The van der Waals surface area contributed by atoms with Crippen molar-refractivity contribution in [3.63, 3.8) is 0 Å². The molecule has 2 N–H and O–H groups in total. The molecule has 5 nitrogen and oxygen atoms in total. The Hall–Kier alpha value is -1.96. The van der Waals surface area contributed by atoms with Gasteiger partial charge in [-0.1, -0.05) is 0 Å². The number of nitrogens with two attached hydrogens (primary N) is 1. The number of rotatable bonds is 3. The van der Waals surface area contributed by atoms with Crippen LogP contribution in [0.4, 0.5) is 5.69 Å². The number of hydrogen-bond donors (Lipinski definition) is 1. The van der Waals surface area contributed by atoms with E-state index < -0.39 is 12.1 Å². The zero-order valence-electron chi connectivity index (χ0n) is 9.60. The van der Waals surface area contributed by atoms with Crippen LogP contribution in [0.1, 0.15) is 37.3 Å². The average Bonchev–Trinajstić information content (AvgIpc) is 2.60. The summed E-state index contributed by atoms with van der Waals surface area (Å²) < 4.78 is 6.64. The number of esters is 1. The largest absolute Gasteiger partial charge is 0.443 e. The fourth-order valence-corrected chi connectivity index (χ4v) is 1.34. The Morgan fingerprint density at radius 3 is 2.69 bits per heavy atom. The highest BCUT2D eigenvalue weighted by Crippen LogP contribution is 2.17. The first-order valence-corrected chi connectivity index (χ1v) is 5.03. The number of carbonyl (C=O) groups is 1. The highest BCUT2D eigenvalue weighted by Gasteiger charge is 2.18. The molecule has 16 heavy (non-hydrogen) atoms. The van der Waals surface area contributed by atoms with Gasteiger partial charge in [0.2, 0.25) is 0 Å². The first-order valence-electron chi connectivity index (χ1n) is 5.03. The molecular formula is C11H15N3O2. The Morgan fingerprint density at radius 1 is 1.56 bits per heavy atom. The van der Waals surface area contributed by atoms with Gasteiger partial charge in [0.25, 0.3) is 0 Å². The van der Waals surface area contributed by atoms with Crippen molar-refractivity contribution in [3.05, 3.63) is 18.0 Å². The zero-order valence-corrected chi connectivity index (χ0v) is 9.60. The first-order chi connectivity index (χ1) is 7.45.